The number of nitrogens with zero attached hydrogens (tertiary/aromatic N) is 4. The first-order chi connectivity index (χ1) is 19.0. The summed E-state index contributed by atoms with van der Waals surface area (Å²) in [5, 5.41) is 3.26. The van der Waals surface area contributed by atoms with Gasteiger partial charge in [0.25, 0.3) is 11.8 Å². The minimum absolute atomic E-state index is 0.0528. The zero-order chi connectivity index (χ0) is 28.6. The third kappa shape index (κ3) is 6.58. The summed E-state index contributed by atoms with van der Waals surface area (Å²) in [6.07, 6.45) is 1.14. The van der Waals surface area contributed by atoms with Gasteiger partial charge < -0.3 is 19.7 Å². The molecule has 2 fully saturated rings. The number of benzene rings is 1. The van der Waals surface area contributed by atoms with E-state index in [0.717, 1.165) is 18.9 Å². The molecule has 1 saturated heterocycles. The van der Waals surface area contributed by atoms with Crippen LogP contribution in [0.4, 0.5) is 13.2 Å². The SMILES string of the molecule is C[C@@H]1CN(C(=O)c2cnc(-c3nccnc3[C@H](C)NC(=O)c3cc(OC(F)(F)F)cc(C4CC4)c3)s2)C[C@H](C)O1. The van der Waals surface area contributed by atoms with E-state index < -0.39 is 24.1 Å². The molecule has 2 aromatic heterocycles. The van der Waals surface area contributed by atoms with Crippen LogP contribution in [0.15, 0.2) is 36.8 Å². The molecule has 13 heteroatoms. The lowest BCUT2D eigenvalue weighted by Crippen LogP contribution is -2.48. The first kappa shape index (κ1) is 28.0. The molecule has 212 valence electrons. The van der Waals surface area contributed by atoms with Gasteiger partial charge in [0.1, 0.15) is 21.3 Å². The van der Waals surface area contributed by atoms with Crippen LogP contribution in [0.3, 0.4) is 0 Å². The van der Waals surface area contributed by atoms with Gasteiger partial charge in [-0.05, 0) is 63.3 Å². The second-order valence-corrected chi connectivity index (χ2v) is 11.1. The highest BCUT2D eigenvalue weighted by Crippen LogP contribution is 2.42. The van der Waals surface area contributed by atoms with Gasteiger partial charge in [-0.25, -0.2) is 4.98 Å². The summed E-state index contributed by atoms with van der Waals surface area (Å²) >= 11 is 1.17. The Kier molecular flexibility index (Phi) is 7.78. The van der Waals surface area contributed by atoms with Crippen molar-refractivity contribution in [2.24, 2.45) is 0 Å². The summed E-state index contributed by atoms with van der Waals surface area (Å²) in [5.74, 6) is -1.05. The summed E-state index contributed by atoms with van der Waals surface area (Å²) in [4.78, 5) is 41.6. The molecular weight excluding hydrogens is 547 g/mol. The van der Waals surface area contributed by atoms with Crippen LogP contribution in [0, 0.1) is 0 Å². The largest absolute Gasteiger partial charge is 0.573 e. The van der Waals surface area contributed by atoms with E-state index in [1.54, 1.807) is 17.9 Å². The van der Waals surface area contributed by atoms with Crippen molar-refractivity contribution in [2.45, 2.75) is 64.1 Å². The van der Waals surface area contributed by atoms with Crippen LogP contribution in [0.1, 0.15) is 76.9 Å². The number of carbonyl (C=O) groups is 2. The Morgan fingerprint density at radius 3 is 2.48 bits per heavy atom. The lowest BCUT2D eigenvalue weighted by atomic mass is 10.0. The monoisotopic (exact) mass is 575 g/mol. The number of amides is 2. The Balaban J connectivity index is 1.34. The van der Waals surface area contributed by atoms with Crippen molar-refractivity contribution in [3.8, 4) is 16.5 Å². The van der Waals surface area contributed by atoms with E-state index in [1.807, 2.05) is 13.8 Å². The van der Waals surface area contributed by atoms with Crippen molar-refractivity contribution in [3.63, 3.8) is 0 Å². The number of aromatic nitrogens is 3. The zero-order valence-electron chi connectivity index (χ0n) is 22.1. The van der Waals surface area contributed by atoms with Gasteiger partial charge >= 0.3 is 6.36 Å². The minimum Gasteiger partial charge on any atom is -0.406 e. The third-order valence-corrected chi connectivity index (χ3v) is 7.58. The number of halogens is 3. The molecule has 2 aliphatic rings. The van der Waals surface area contributed by atoms with Crippen molar-refractivity contribution in [1.29, 1.82) is 0 Å². The summed E-state index contributed by atoms with van der Waals surface area (Å²) in [5.41, 5.74) is 1.49. The number of rotatable bonds is 7. The van der Waals surface area contributed by atoms with Crippen LogP contribution >= 0.6 is 11.3 Å². The van der Waals surface area contributed by atoms with Crippen LogP contribution < -0.4 is 10.1 Å². The van der Waals surface area contributed by atoms with Crippen molar-refractivity contribution >= 4 is 23.2 Å². The highest BCUT2D eigenvalue weighted by atomic mass is 32.1. The number of ether oxygens (including phenoxy) is 2. The van der Waals surface area contributed by atoms with Gasteiger partial charge in [-0.3, -0.25) is 19.6 Å². The minimum atomic E-state index is -4.87. The quantitative estimate of drug-likeness (QED) is 0.417. The van der Waals surface area contributed by atoms with Crippen LogP contribution in [0.5, 0.6) is 5.75 Å². The molecule has 3 heterocycles. The lowest BCUT2D eigenvalue weighted by Gasteiger charge is -2.35. The summed E-state index contributed by atoms with van der Waals surface area (Å²) in [6, 6.07) is 3.32. The molecule has 0 radical (unpaired) electrons. The molecular formula is C27H28F3N5O4S. The molecule has 0 unspecified atom stereocenters. The normalized spacial score (nSPS) is 20.2. The van der Waals surface area contributed by atoms with Gasteiger partial charge in [0, 0.05) is 31.0 Å². The van der Waals surface area contributed by atoms with Crippen molar-refractivity contribution in [1.82, 2.24) is 25.2 Å². The highest BCUT2D eigenvalue weighted by Gasteiger charge is 2.33. The second kappa shape index (κ2) is 11.1. The maximum Gasteiger partial charge on any atom is 0.573 e. The number of thiazole rings is 1. The Hall–Kier alpha value is -3.58. The van der Waals surface area contributed by atoms with Gasteiger partial charge in [0.15, 0.2) is 0 Å². The van der Waals surface area contributed by atoms with Crippen molar-refractivity contribution in [2.75, 3.05) is 13.1 Å². The molecule has 5 rings (SSSR count). The van der Waals surface area contributed by atoms with E-state index in [-0.39, 0.29) is 29.6 Å². The summed E-state index contributed by atoms with van der Waals surface area (Å²) in [7, 11) is 0. The second-order valence-electron chi connectivity index (χ2n) is 10.1. The number of alkyl halides is 3. The van der Waals surface area contributed by atoms with E-state index in [0.29, 0.717) is 39.9 Å². The maximum atomic E-state index is 13.1. The first-order valence-electron chi connectivity index (χ1n) is 12.9. The number of nitrogens with one attached hydrogen (secondary N) is 1. The fraction of sp³-hybridized carbons (Fsp3) is 0.444. The molecule has 1 N–H and O–H groups in total. The molecule has 1 aliphatic carbocycles. The third-order valence-electron chi connectivity index (χ3n) is 6.58. The smallest absolute Gasteiger partial charge is 0.406 e. The Morgan fingerprint density at radius 2 is 1.80 bits per heavy atom. The molecule has 1 saturated carbocycles. The number of carbonyl (C=O) groups excluding carboxylic acids is 2. The van der Waals surface area contributed by atoms with Gasteiger partial charge in [-0.1, -0.05) is 0 Å². The molecule has 2 amide bonds. The first-order valence-corrected chi connectivity index (χ1v) is 13.7. The van der Waals surface area contributed by atoms with Crippen molar-refractivity contribution in [3.05, 3.63) is 58.5 Å². The summed E-state index contributed by atoms with van der Waals surface area (Å²) < 4.78 is 48.5. The van der Waals surface area contributed by atoms with E-state index in [1.165, 1.54) is 36.0 Å². The van der Waals surface area contributed by atoms with Crippen LogP contribution in [0.2, 0.25) is 0 Å². The molecule has 1 aromatic carbocycles. The average Bonchev–Trinajstić information content (AvgIpc) is 3.63. The average molecular weight is 576 g/mol. The van der Waals surface area contributed by atoms with E-state index in [9.17, 15) is 22.8 Å². The predicted octanol–water partition coefficient (Wildman–Crippen LogP) is 5.12. The fourth-order valence-electron chi connectivity index (χ4n) is 4.76. The molecule has 9 nitrogen and oxygen atoms in total. The number of hydrogen-bond donors (Lipinski definition) is 1. The Labute approximate surface area is 232 Å². The van der Waals surface area contributed by atoms with E-state index in [4.69, 9.17) is 4.74 Å². The highest BCUT2D eigenvalue weighted by molar-refractivity contribution is 7.16. The standard InChI is InChI=1S/C27H28F3N5O4S/c1-14-12-35(13-15(2)38-14)26(37)21-11-33-25(40-21)23-22(31-6-7-32-23)16(3)34-24(36)19-8-18(17-4-5-17)9-20(10-19)39-27(28,29)30/h6-11,14-17H,4-5,12-13H2,1-3H3,(H,34,36)/t14-,15+,16-/m0/s1. The lowest BCUT2D eigenvalue weighted by molar-refractivity contribution is -0.274. The van der Waals surface area contributed by atoms with Gasteiger partial charge in [-0.2, -0.15) is 0 Å². The topological polar surface area (TPSA) is 107 Å². The van der Waals surface area contributed by atoms with Crippen LogP contribution in [0.25, 0.3) is 10.7 Å². The van der Waals surface area contributed by atoms with Crippen molar-refractivity contribution < 1.29 is 32.2 Å². The molecule has 1 aliphatic heterocycles. The molecule has 40 heavy (non-hydrogen) atoms. The predicted molar refractivity (Wildman–Crippen MR) is 140 cm³/mol. The fourth-order valence-corrected chi connectivity index (χ4v) is 5.65. The van der Waals surface area contributed by atoms with Gasteiger partial charge in [-0.15, -0.1) is 24.5 Å². The molecule has 0 spiro atoms. The number of hydrogen-bond acceptors (Lipinski definition) is 8. The zero-order valence-corrected chi connectivity index (χ0v) is 22.9. The van der Waals surface area contributed by atoms with E-state index in [2.05, 4.69) is 25.0 Å². The maximum absolute atomic E-state index is 13.1. The Bertz CT molecular complexity index is 1400. The molecule has 0 bridgehead atoms. The molecule has 3 aromatic rings. The molecule has 3 atom stereocenters. The number of morpholine rings is 1. The van der Waals surface area contributed by atoms with Gasteiger partial charge in [0.05, 0.1) is 30.1 Å². The summed E-state index contributed by atoms with van der Waals surface area (Å²) in [6.45, 7) is 6.49. The van der Waals surface area contributed by atoms with Crippen LogP contribution in [-0.4, -0.2) is 63.3 Å². The van der Waals surface area contributed by atoms with Crippen LogP contribution in [-0.2, 0) is 4.74 Å². The van der Waals surface area contributed by atoms with E-state index >= 15 is 0 Å². The Morgan fingerprint density at radius 1 is 1.10 bits per heavy atom. The van der Waals surface area contributed by atoms with Gasteiger partial charge in [0.2, 0.25) is 0 Å².